The first-order valence-corrected chi connectivity index (χ1v) is 9.53. The van der Waals surface area contributed by atoms with Gasteiger partial charge in [0.15, 0.2) is 0 Å². The Morgan fingerprint density at radius 3 is 2.22 bits per heavy atom. The van der Waals surface area contributed by atoms with Crippen molar-refractivity contribution in [3.8, 4) is 0 Å². The number of piperidine rings is 1. The number of carbonyl (C=O) groups is 1. The van der Waals surface area contributed by atoms with E-state index in [1.807, 2.05) is 30.3 Å². The minimum atomic E-state index is -0.267. The molecule has 5 heteroatoms. The Bertz CT molecular complexity index is 741. The monoisotopic (exact) mass is 388 g/mol. The highest BCUT2D eigenvalue weighted by Crippen LogP contribution is 2.33. The molecular formula is C22H26ClFN2O. The van der Waals surface area contributed by atoms with Crippen LogP contribution in [0.3, 0.4) is 0 Å². The van der Waals surface area contributed by atoms with Gasteiger partial charge in [0.1, 0.15) is 5.82 Å². The summed E-state index contributed by atoms with van der Waals surface area (Å²) in [4.78, 5) is 12.8. The second-order valence-corrected chi connectivity index (χ2v) is 7.64. The van der Waals surface area contributed by atoms with E-state index in [0.717, 1.165) is 24.0 Å². The van der Waals surface area contributed by atoms with Gasteiger partial charge in [-0.1, -0.05) is 42.5 Å². The number of fused-ring (bicyclic) bond motifs is 2. The molecule has 2 aromatic rings. The second kappa shape index (κ2) is 8.85. The first-order chi connectivity index (χ1) is 12.7. The SMILES string of the molecule is Cl.O=C(CC1CC2CCC(C1)N2)NC(c1ccccc1)c1ccc(F)cc1. The molecule has 2 heterocycles. The van der Waals surface area contributed by atoms with Crippen molar-refractivity contribution >= 4 is 18.3 Å². The van der Waals surface area contributed by atoms with Gasteiger partial charge in [-0.15, -0.1) is 12.4 Å². The maximum atomic E-state index is 13.3. The fourth-order valence-corrected chi connectivity index (χ4v) is 4.48. The van der Waals surface area contributed by atoms with Crippen LogP contribution in [-0.4, -0.2) is 18.0 Å². The molecule has 2 aliphatic heterocycles. The van der Waals surface area contributed by atoms with E-state index >= 15 is 0 Å². The molecule has 2 aliphatic rings. The molecule has 0 spiro atoms. The van der Waals surface area contributed by atoms with Crippen LogP contribution in [0.5, 0.6) is 0 Å². The summed E-state index contributed by atoms with van der Waals surface area (Å²) in [6.07, 6.45) is 5.24. The zero-order valence-electron chi connectivity index (χ0n) is 15.2. The Morgan fingerprint density at radius 2 is 1.59 bits per heavy atom. The van der Waals surface area contributed by atoms with Crippen LogP contribution in [0, 0.1) is 11.7 Å². The molecule has 0 saturated carbocycles. The summed E-state index contributed by atoms with van der Waals surface area (Å²) in [6, 6.07) is 17.2. The number of nitrogens with one attached hydrogen (secondary N) is 2. The third-order valence-electron chi connectivity index (χ3n) is 5.69. The molecule has 3 nitrogen and oxygen atoms in total. The molecule has 3 unspecified atom stereocenters. The van der Waals surface area contributed by atoms with Crippen LogP contribution in [0.1, 0.15) is 49.3 Å². The van der Waals surface area contributed by atoms with Gasteiger partial charge in [-0.3, -0.25) is 4.79 Å². The van der Waals surface area contributed by atoms with Crippen molar-refractivity contribution in [2.75, 3.05) is 0 Å². The van der Waals surface area contributed by atoms with Gasteiger partial charge in [0.2, 0.25) is 5.91 Å². The summed E-state index contributed by atoms with van der Waals surface area (Å²) in [5.74, 6) is 0.268. The lowest BCUT2D eigenvalue weighted by Crippen LogP contribution is -2.40. The van der Waals surface area contributed by atoms with Crippen molar-refractivity contribution in [2.24, 2.45) is 5.92 Å². The van der Waals surface area contributed by atoms with Crippen LogP contribution in [-0.2, 0) is 4.79 Å². The number of carbonyl (C=O) groups excluding carboxylic acids is 1. The molecule has 27 heavy (non-hydrogen) atoms. The molecule has 2 aromatic carbocycles. The van der Waals surface area contributed by atoms with E-state index in [0.29, 0.717) is 24.4 Å². The maximum Gasteiger partial charge on any atom is 0.221 e. The molecule has 2 N–H and O–H groups in total. The van der Waals surface area contributed by atoms with Crippen LogP contribution in [0.15, 0.2) is 54.6 Å². The average molecular weight is 389 g/mol. The topological polar surface area (TPSA) is 41.1 Å². The average Bonchev–Trinajstić information content (AvgIpc) is 3.00. The fraction of sp³-hybridized carbons (Fsp3) is 0.409. The lowest BCUT2D eigenvalue weighted by Gasteiger charge is -2.29. The quantitative estimate of drug-likeness (QED) is 0.798. The number of rotatable bonds is 5. The molecule has 4 rings (SSSR count). The molecule has 2 bridgehead atoms. The van der Waals surface area contributed by atoms with Crippen molar-refractivity contribution in [3.05, 3.63) is 71.5 Å². The Labute approximate surface area is 166 Å². The molecule has 0 aromatic heterocycles. The van der Waals surface area contributed by atoms with Crippen LogP contribution in [0.25, 0.3) is 0 Å². The molecule has 144 valence electrons. The van der Waals surface area contributed by atoms with Gasteiger partial charge < -0.3 is 10.6 Å². The number of hydrogen-bond acceptors (Lipinski definition) is 2. The van der Waals surface area contributed by atoms with Gasteiger partial charge in [0.05, 0.1) is 6.04 Å². The molecule has 1 amide bonds. The fourth-order valence-electron chi connectivity index (χ4n) is 4.48. The number of halogens is 2. The van der Waals surface area contributed by atoms with Crippen LogP contribution in [0.2, 0.25) is 0 Å². The van der Waals surface area contributed by atoms with Crippen molar-refractivity contribution in [2.45, 2.75) is 50.2 Å². The Hall–Kier alpha value is -1.91. The van der Waals surface area contributed by atoms with Gasteiger partial charge in [0, 0.05) is 18.5 Å². The lowest BCUT2D eigenvalue weighted by atomic mass is 9.89. The van der Waals surface area contributed by atoms with Crippen molar-refractivity contribution < 1.29 is 9.18 Å². The van der Waals surface area contributed by atoms with Gasteiger partial charge in [0.25, 0.3) is 0 Å². The third-order valence-corrected chi connectivity index (χ3v) is 5.69. The molecule has 0 aliphatic carbocycles. The number of hydrogen-bond donors (Lipinski definition) is 2. The first kappa shape index (κ1) is 19.8. The summed E-state index contributed by atoms with van der Waals surface area (Å²) >= 11 is 0. The van der Waals surface area contributed by atoms with Gasteiger partial charge >= 0.3 is 0 Å². The minimum absolute atomic E-state index is 0. The van der Waals surface area contributed by atoms with E-state index in [1.165, 1.54) is 25.0 Å². The standard InChI is InChI=1S/C22H25FN2O.ClH/c23-18-8-6-17(7-9-18)22(16-4-2-1-3-5-16)25-21(26)14-15-12-19-10-11-20(13-15)24-19;/h1-9,15,19-20,22,24H,10-14H2,(H,25,26);1H. The highest BCUT2D eigenvalue weighted by atomic mass is 35.5. The molecule has 3 atom stereocenters. The van der Waals surface area contributed by atoms with E-state index < -0.39 is 0 Å². The normalized spacial score (nSPS) is 24.7. The predicted molar refractivity (Wildman–Crippen MR) is 107 cm³/mol. The Kier molecular flexibility index (Phi) is 6.51. The Balaban J connectivity index is 0.00000210. The third kappa shape index (κ3) is 4.88. The van der Waals surface area contributed by atoms with Gasteiger partial charge in [-0.25, -0.2) is 4.39 Å². The number of benzene rings is 2. The van der Waals surface area contributed by atoms with E-state index in [-0.39, 0.29) is 30.2 Å². The van der Waals surface area contributed by atoms with Gasteiger partial charge in [-0.2, -0.15) is 0 Å². The van der Waals surface area contributed by atoms with Crippen LogP contribution < -0.4 is 10.6 Å². The van der Waals surface area contributed by atoms with E-state index in [2.05, 4.69) is 10.6 Å². The summed E-state index contributed by atoms with van der Waals surface area (Å²) in [6.45, 7) is 0. The summed E-state index contributed by atoms with van der Waals surface area (Å²) < 4.78 is 13.3. The molecule has 0 radical (unpaired) electrons. The summed E-state index contributed by atoms with van der Waals surface area (Å²) in [5, 5.41) is 6.81. The van der Waals surface area contributed by atoms with Crippen molar-refractivity contribution in [1.29, 1.82) is 0 Å². The largest absolute Gasteiger partial charge is 0.345 e. The lowest BCUT2D eigenvalue weighted by molar-refractivity contribution is -0.122. The van der Waals surface area contributed by atoms with E-state index in [9.17, 15) is 9.18 Å². The Morgan fingerprint density at radius 1 is 1.00 bits per heavy atom. The van der Waals surface area contributed by atoms with Gasteiger partial charge in [-0.05, 0) is 54.9 Å². The van der Waals surface area contributed by atoms with E-state index in [4.69, 9.17) is 0 Å². The van der Waals surface area contributed by atoms with Crippen LogP contribution in [0.4, 0.5) is 4.39 Å². The smallest absolute Gasteiger partial charge is 0.221 e. The predicted octanol–water partition coefficient (Wildman–Crippen LogP) is 4.37. The number of amides is 1. The molecule has 2 fully saturated rings. The molecule has 2 saturated heterocycles. The van der Waals surface area contributed by atoms with E-state index in [1.54, 1.807) is 12.1 Å². The summed E-state index contributed by atoms with van der Waals surface area (Å²) in [5.41, 5.74) is 1.91. The van der Waals surface area contributed by atoms with Crippen molar-refractivity contribution in [1.82, 2.24) is 10.6 Å². The second-order valence-electron chi connectivity index (χ2n) is 7.64. The highest BCUT2D eigenvalue weighted by Gasteiger charge is 2.34. The summed E-state index contributed by atoms with van der Waals surface area (Å²) in [7, 11) is 0. The highest BCUT2D eigenvalue weighted by molar-refractivity contribution is 5.85. The zero-order valence-corrected chi connectivity index (χ0v) is 16.1. The maximum absolute atomic E-state index is 13.3. The first-order valence-electron chi connectivity index (χ1n) is 9.53. The molecular weight excluding hydrogens is 363 g/mol. The zero-order chi connectivity index (χ0) is 17.9. The minimum Gasteiger partial charge on any atom is -0.345 e. The van der Waals surface area contributed by atoms with Crippen molar-refractivity contribution in [3.63, 3.8) is 0 Å². The van der Waals surface area contributed by atoms with Crippen LogP contribution >= 0.6 is 12.4 Å².